The zero-order valence-electron chi connectivity index (χ0n) is 11.2. The third-order valence-corrected chi connectivity index (χ3v) is 3.73. The zero-order chi connectivity index (χ0) is 14.6. The molecule has 0 aliphatic rings. The number of hydrogen-bond acceptors (Lipinski definition) is 3. The predicted octanol–water partition coefficient (Wildman–Crippen LogP) is 3.21. The lowest BCUT2D eigenvalue weighted by molar-refractivity contribution is -0.136. The van der Waals surface area contributed by atoms with Crippen molar-refractivity contribution in [2.24, 2.45) is 0 Å². The minimum atomic E-state index is -0.811. The van der Waals surface area contributed by atoms with Gasteiger partial charge < -0.3 is 10.4 Å². The number of thiocarbonyl (C=S) groups is 1. The van der Waals surface area contributed by atoms with Crippen LogP contribution in [0.1, 0.15) is 18.4 Å². The lowest BCUT2D eigenvalue weighted by atomic mass is 10.2. The Balaban J connectivity index is 2.01. The lowest BCUT2D eigenvalue weighted by Crippen LogP contribution is -2.24. The van der Waals surface area contributed by atoms with E-state index in [0.29, 0.717) is 11.4 Å². The van der Waals surface area contributed by atoms with Crippen molar-refractivity contribution < 1.29 is 9.90 Å². The minimum absolute atomic E-state index is 0.0960. The SMILES string of the molecule is O=C(O)CCC(=S)NCCSCC=Cc1ccccc1. The van der Waals surface area contributed by atoms with Gasteiger partial charge in [-0.3, -0.25) is 4.79 Å². The van der Waals surface area contributed by atoms with Crippen molar-refractivity contribution in [3.8, 4) is 0 Å². The van der Waals surface area contributed by atoms with Crippen LogP contribution in [0.15, 0.2) is 36.4 Å². The Morgan fingerprint density at radius 2 is 2.05 bits per heavy atom. The van der Waals surface area contributed by atoms with Gasteiger partial charge in [-0.1, -0.05) is 54.7 Å². The maximum Gasteiger partial charge on any atom is 0.303 e. The molecule has 0 amide bonds. The average Bonchev–Trinajstić information content (AvgIpc) is 2.45. The maximum atomic E-state index is 10.4. The average molecular weight is 309 g/mol. The molecule has 0 aromatic heterocycles. The van der Waals surface area contributed by atoms with Gasteiger partial charge in [0, 0.05) is 24.5 Å². The number of nitrogens with one attached hydrogen (secondary N) is 1. The minimum Gasteiger partial charge on any atom is -0.481 e. The highest BCUT2D eigenvalue weighted by Gasteiger charge is 2.00. The summed E-state index contributed by atoms with van der Waals surface area (Å²) >= 11 is 6.85. The molecule has 1 aromatic carbocycles. The van der Waals surface area contributed by atoms with E-state index in [1.54, 1.807) is 0 Å². The summed E-state index contributed by atoms with van der Waals surface area (Å²) in [4.78, 5) is 11.0. The number of aliphatic carboxylic acids is 1. The Kier molecular flexibility index (Phi) is 8.74. The summed E-state index contributed by atoms with van der Waals surface area (Å²) in [7, 11) is 0. The molecular formula is C15H19NO2S2. The molecule has 0 aliphatic carbocycles. The molecule has 3 nitrogen and oxygen atoms in total. The fourth-order valence-corrected chi connectivity index (χ4v) is 2.32. The van der Waals surface area contributed by atoms with Crippen molar-refractivity contribution in [2.75, 3.05) is 18.1 Å². The van der Waals surface area contributed by atoms with E-state index in [4.69, 9.17) is 17.3 Å². The Hall–Kier alpha value is -1.33. The molecular weight excluding hydrogens is 290 g/mol. The molecule has 0 unspecified atom stereocenters. The smallest absolute Gasteiger partial charge is 0.303 e. The molecule has 0 atom stereocenters. The second-order valence-corrected chi connectivity index (χ2v) is 5.77. The van der Waals surface area contributed by atoms with Crippen LogP contribution in [-0.4, -0.2) is 34.1 Å². The number of thioether (sulfide) groups is 1. The molecule has 0 bridgehead atoms. The third-order valence-electron chi connectivity index (χ3n) is 2.46. The van der Waals surface area contributed by atoms with Gasteiger partial charge >= 0.3 is 5.97 Å². The second-order valence-electron chi connectivity index (χ2n) is 4.13. The van der Waals surface area contributed by atoms with Gasteiger partial charge in [-0.25, -0.2) is 0 Å². The van der Waals surface area contributed by atoms with Crippen LogP contribution in [0.2, 0.25) is 0 Å². The van der Waals surface area contributed by atoms with E-state index in [2.05, 4.69) is 29.6 Å². The predicted molar refractivity (Wildman–Crippen MR) is 90.3 cm³/mol. The second kappa shape index (κ2) is 10.5. The summed E-state index contributed by atoms with van der Waals surface area (Å²) in [6.07, 6.45) is 4.77. The molecule has 5 heteroatoms. The van der Waals surface area contributed by atoms with Gasteiger partial charge in [0.1, 0.15) is 0 Å². The summed E-state index contributed by atoms with van der Waals surface area (Å²) in [6.45, 7) is 0.780. The largest absolute Gasteiger partial charge is 0.481 e. The normalized spacial score (nSPS) is 10.6. The van der Waals surface area contributed by atoms with Gasteiger partial charge in [0.15, 0.2) is 0 Å². The van der Waals surface area contributed by atoms with Gasteiger partial charge in [-0.05, 0) is 5.56 Å². The van der Waals surface area contributed by atoms with Crippen LogP contribution in [0, 0.1) is 0 Å². The first-order valence-corrected chi connectivity index (χ1v) is 8.02. The van der Waals surface area contributed by atoms with Crippen LogP contribution in [0.25, 0.3) is 6.08 Å². The first kappa shape index (κ1) is 16.7. The number of carboxylic acids is 1. The molecule has 20 heavy (non-hydrogen) atoms. The van der Waals surface area contributed by atoms with E-state index in [-0.39, 0.29) is 6.42 Å². The number of hydrogen-bond donors (Lipinski definition) is 2. The topological polar surface area (TPSA) is 49.3 Å². The van der Waals surface area contributed by atoms with Crippen molar-refractivity contribution in [3.63, 3.8) is 0 Å². The van der Waals surface area contributed by atoms with E-state index in [9.17, 15) is 4.79 Å². The molecule has 108 valence electrons. The first-order chi connectivity index (χ1) is 9.68. The highest BCUT2D eigenvalue weighted by Crippen LogP contribution is 2.04. The van der Waals surface area contributed by atoms with Crippen LogP contribution in [0.5, 0.6) is 0 Å². The van der Waals surface area contributed by atoms with Gasteiger partial charge in [-0.2, -0.15) is 11.8 Å². The van der Waals surface area contributed by atoms with Gasteiger partial charge in [0.05, 0.1) is 11.4 Å². The van der Waals surface area contributed by atoms with Crippen molar-refractivity contribution in [1.29, 1.82) is 0 Å². The summed E-state index contributed by atoms with van der Waals surface area (Å²) < 4.78 is 0. The summed E-state index contributed by atoms with van der Waals surface area (Å²) in [6, 6.07) is 10.2. The number of benzene rings is 1. The molecule has 0 radical (unpaired) electrons. The molecule has 2 N–H and O–H groups in total. The molecule has 1 aromatic rings. The Morgan fingerprint density at radius 3 is 2.75 bits per heavy atom. The maximum absolute atomic E-state index is 10.4. The highest BCUT2D eigenvalue weighted by molar-refractivity contribution is 7.99. The first-order valence-electron chi connectivity index (χ1n) is 6.46. The van der Waals surface area contributed by atoms with Crippen molar-refractivity contribution in [2.45, 2.75) is 12.8 Å². The van der Waals surface area contributed by atoms with Crippen molar-refractivity contribution >= 4 is 41.0 Å². The fourth-order valence-electron chi connectivity index (χ4n) is 1.47. The number of rotatable bonds is 9. The van der Waals surface area contributed by atoms with Crippen LogP contribution < -0.4 is 5.32 Å². The molecule has 0 heterocycles. The van der Waals surface area contributed by atoms with E-state index in [1.165, 1.54) is 5.56 Å². The van der Waals surface area contributed by atoms with Crippen LogP contribution in [-0.2, 0) is 4.79 Å². The van der Waals surface area contributed by atoms with Crippen LogP contribution in [0.3, 0.4) is 0 Å². The zero-order valence-corrected chi connectivity index (χ0v) is 12.9. The molecule has 0 fully saturated rings. The third kappa shape index (κ3) is 8.72. The standard InChI is InChI=1S/C15H19NO2S2/c17-15(18)9-8-14(19)16-10-12-20-11-4-7-13-5-2-1-3-6-13/h1-7H,8-12H2,(H,16,19)(H,17,18). The fraction of sp³-hybridized carbons (Fsp3) is 0.333. The van der Waals surface area contributed by atoms with Gasteiger partial charge in [0.2, 0.25) is 0 Å². The van der Waals surface area contributed by atoms with E-state index >= 15 is 0 Å². The van der Waals surface area contributed by atoms with Crippen molar-refractivity contribution in [3.05, 3.63) is 42.0 Å². The molecule has 0 aliphatic heterocycles. The lowest BCUT2D eigenvalue weighted by Gasteiger charge is -2.05. The summed E-state index contributed by atoms with van der Waals surface area (Å²) in [5, 5.41) is 11.6. The monoisotopic (exact) mass is 309 g/mol. The Morgan fingerprint density at radius 1 is 1.30 bits per heavy atom. The van der Waals surface area contributed by atoms with Gasteiger partial charge in [0.25, 0.3) is 0 Å². The molecule has 0 saturated heterocycles. The molecule has 1 rings (SSSR count). The highest BCUT2D eigenvalue weighted by atomic mass is 32.2. The summed E-state index contributed by atoms with van der Waals surface area (Å²) in [5.74, 6) is 1.10. The quantitative estimate of drug-likeness (QED) is 0.542. The summed E-state index contributed by atoms with van der Waals surface area (Å²) in [5.41, 5.74) is 1.21. The Labute approximate surface area is 129 Å². The number of carbonyl (C=O) groups is 1. The molecule has 0 saturated carbocycles. The van der Waals surface area contributed by atoms with Crippen LogP contribution >= 0.6 is 24.0 Å². The van der Waals surface area contributed by atoms with E-state index < -0.39 is 5.97 Å². The molecule has 0 spiro atoms. The van der Waals surface area contributed by atoms with Crippen molar-refractivity contribution in [1.82, 2.24) is 5.32 Å². The van der Waals surface area contributed by atoms with Crippen LogP contribution in [0.4, 0.5) is 0 Å². The van der Waals surface area contributed by atoms with E-state index in [1.807, 2.05) is 30.0 Å². The van der Waals surface area contributed by atoms with Gasteiger partial charge in [-0.15, -0.1) is 0 Å². The van der Waals surface area contributed by atoms with E-state index in [0.717, 1.165) is 18.1 Å². The number of carboxylic acid groups (broad SMARTS) is 1. The Bertz CT molecular complexity index is 446.